The lowest BCUT2D eigenvalue weighted by Gasteiger charge is -2.16. The second kappa shape index (κ2) is 4.83. The van der Waals surface area contributed by atoms with Gasteiger partial charge in [0.05, 0.1) is 11.1 Å². The van der Waals surface area contributed by atoms with Gasteiger partial charge in [-0.3, -0.25) is 4.98 Å². The van der Waals surface area contributed by atoms with Gasteiger partial charge in [-0.15, -0.1) is 0 Å². The molecule has 2 aromatic rings. The summed E-state index contributed by atoms with van der Waals surface area (Å²) in [5.41, 5.74) is 2.25. The molecule has 0 aliphatic heterocycles. The molecule has 0 aliphatic rings. The van der Waals surface area contributed by atoms with Crippen molar-refractivity contribution in [2.45, 2.75) is 24.6 Å². The van der Waals surface area contributed by atoms with Gasteiger partial charge < -0.3 is 4.42 Å². The van der Waals surface area contributed by atoms with Crippen molar-refractivity contribution in [2.75, 3.05) is 0 Å². The minimum atomic E-state index is 0.236. The Morgan fingerprint density at radius 3 is 2.75 bits per heavy atom. The van der Waals surface area contributed by atoms with Crippen LogP contribution in [0, 0.1) is 6.92 Å². The van der Waals surface area contributed by atoms with Crippen LogP contribution >= 0.6 is 15.9 Å². The predicted octanol–water partition coefficient (Wildman–Crippen LogP) is 4.22. The highest BCUT2D eigenvalue weighted by atomic mass is 79.9. The standard InChI is InChI=1S/C13H14BrNO/c1-9-7-11(8-16-9)13(14)10(2)12-5-3-4-6-15-12/h3-8,10,13H,1-2H3. The van der Waals surface area contributed by atoms with Crippen LogP contribution in [0.1, 0.15) is 34.7 Å². The molecule has 3 heteroatoms. The van der Waals surface area contributed by atoms with Crippen molar-refractivity contribution in [1.29, 1.82) is 0 Å². The van der Waals surface area contributed by atoms with Crippen molar-refractivity contribution in [2.24, 2.45) is 0 Å². The maximum Gasteiger partial charge on any atom is 0.101 e. The quantitative estimate of drug-likeness (QED) is 0.787. The van der Waals surface area contributed by atoms with Crippen molar-refractivity contribution in [3.63, 3.8) is 0 Å². The highest BCUT2D eigenvalue weighted by Gasteiger charge is 2.20. The van der Waals surface area contributed by atoms with Crippen LogP contribution in [0.25, 0.3) is 0 Å². The van der Waals surface area contributed by atoms with Gasteiger partial charge >= 0.3 is 0 Å². The molecule has 0 fully saturated rings. The second-order valence-corrected chi connectivity index (χ2v) is 4.92. The molecular weight excluding hydrogens is 266 g/mol. The highest BCUT2D eigenvalue weighted by Crippen LogP contribution is 2.37. The third-order valence-corrected chi connectivity index (χ3v) is 3.98. The fourth-order valence-corrected chi connectivity index (χ4v) is 2.20. The van der Waals surface area contributed by atoms with E-state index < -0.39 is 0 Å². The van der Waals surface area contributed by atoms with E-state index in [-0.39, 0.29) is 4.83 Å². The Morgan fingerprint density at radius 2 is 2.19 bits per heavy atom. The number of furan rings is 1. The zero-order chi connectivity index (χ0) is 11.5. The van der Waals surface area contributed by atoms with Gasteiger partial charge in [0.25, 0.3) is 0 Å². The molecule has 16 heavy (non-hydrogen) atoms. The highest BCUT2D eigenvalue weighted by molar-refractivity contribution is 9.09. The summed E-state index contributed by atoms with van der Waals surface area (Å²) < 4.78 is 5.32. The molecule has 0 saturated heterocycles. The largest absolute Gasteiger partial charge is 0.469 e. The van der Waals surface area contributed by atoms with Crippen LogP contribution in [-0.2, 0) is 0 Å². The van der Waals surface area contributed by atoms with Crippen molar-refractivity contribution >= 4 is 15.9 Å². The smallest absolute Gasteiger partial charge is 0.101 e. The summed E-state index contributed by atoms with van der Waals surface area (Å²) in [5.74, 6) is 1.26. The first kappa shape index (κ1) is 11.4. The molecule has 0 aliphatic carbocycles. The zero-order valence-corrected chi connectivity index (χ0v) is 10.9. The monoisotopic (exact) mass is 279 g/mol. The minimum Gasteiger partial charge on any atom is -0.469 e. The average molecular weight is 280 g/mol. The first-order chi connectivity index (χ1) is 7.68. The normalized spacial score (nSPS) is 14.7. The summed E-state index contributed by atoms with van der Waals surface area (Å²) in [5, 5.41) is 0. The molecule has 2 unspecified atom stereocenters. The third-order valence-electron chi connectivity index (χ3n) is 2.66. The van der Waals surface area contributed by atoms with Crippen LogP contribution in [-0.4, -0.2) is 4.98 Å². The Kier molecular flexibility index (Phi) is 3.44. The fraction of sp³-hybridized carbons (Fsp3) is 0.308. The molecule has 2 rings (SSSR count). The van der Waals surface area contributed by atoms with E-state index in [9.17, 15) is 0 Å². The molecule has 0 N–H and O–H groups in total. The van der Waals surface area contributed by atoms with Crippen molar-refractivity contribution in [3.8, 4) is 0 Å². The molecule has 2 atom stereocenters. The molecule has 0 saturated carbocycles. The lowest BCUT2D eigenvalue weighted by molar-refractivity contribution is 0.530. The average Bonchev–Trinajstić information content (AvgIpc) is 2.75. The van der Waals surface area contributed by atoms with Gasteiger partial charge in [0.2, 0.25) is 0 Å². The molecule has 0 bridgehead atoms. The first-order valence-corrected chi connectivity index (χ1v) is 6.20. The number of hydrogen-bond donors (Lipinski definition) is 0. The number of rotatable bonds is 3. The number of halogens is 1. The zero-order valence-electron chi connectivity index (χ0n) is 9.35. The van der Waals surface area contributed by atoms with Crippen molar-refractivity contribution < 1.29 is 4.42 Å². The van der Waals surface area contributed by atoms with Crippen LogP contribution in [0.15, 0.2) is 41.1 Å². The van der Waals surface area contributed by atoms with E-state index in [4.69, 9.17) is 4.42 Å². The molecule has 84 valence electrons. The molecule has 0 aromatic carbocycles. The van der Waals surface area contributed by atoms with Crippen LogP contribution in [0.5, 0.6) is 0 Å². The van der Waals surface area contributed by atoms with Gasteiger partial charge in [-0.2, -0.15) is 0 Å². The van der Waals surface area contributed by atoms with Crippen LogP contribution in [0.2, 0.25) is 0 Å². The van der Waals surface area contributed by atoms with E-state index in [2.05, 4.69) is 33.9 Å². The van der Waals surface area contributed by atoms with E-state index in [1.807, 2.05) is 31.3 Å². The fourth-order valence-electron chi connectivity index (χ4n) is 1.69. The first-order valence-electron chi connectivity index (χ1n) is 5.28. The Hall–Kier alpha value is -1.09. The lowest BCUT2D eigenvalue weighted by Crippen LogP contribution is -2.03. The summed E-state index contributed by atoms with van der Waals surface area (Å²) >= 11 is 3.70. The Labute approximate surface area is 104 Å². The molecular formula is C13H14BrNO. The van der Waals surface area contributed by atoms with Crippen LogP contribution in [0.4, 0.5) is 0 Å². The summed E-state index contributed by atoms with van der Waals surface area (Å²) in [6.07, 6.45) is 3.63. The summed E-state index contributed by atoms with van der Waals surface area (Å²) in [6.45, 7) is 4.11. The number of aryl methyl sites for hydroxylation is 1. The Balaban J connectivity index is 2.19. The van der Waals surface area contributed by atoms with Gasteiger partial charge in [0.1, 0.15) is 5.76 Å². The van der Waals surface area contributed by atoms with Gasteiger partial charge in [0, 0.05) is 23.4 Å². The topological polar surface area (TPSA) is 26.0 Å². The number of pyridine rings is 1. The van der Waals surface area contributed by atoms with Crippen molar-refractivity contribution in [1.82, 2.24) is 4.98 Å². The number of hydrogen-bond acceptors (Lipinski definition) is 2. The van der Waals surface area contributed by atoms with Crippen molar-refractivity contribution in [3.05, 3.63) is 53.7 Å². The van der Waals surface area contributed by atoms with Gasteiger partial charge in [0.15, 0.2) is 0 Å². The molecule has 0 amide bonds. The number of nitrogens with zero attached hydrogens (tertiary/aromatic N) is 1. The summed E-state index contributed by atoms with van der Waals surface area (Å²) in [4.78, 5) is 4.61. The van der Waals surface area contributed by atoms with E-state index in [1.54, 1.807) is 6.26 Å². The van der Waals surface area contributed by atoms with Crippen LogP contribution in [0.3, 0.4) is 0 Å². The molecule has 0 radical (unpaired) electrons. The van der Waals surface area contributed by atoms with E-state index in [1.165, 1.54) is 0 Å². The van der Waals surface area contributed by atoms with Gasteiger partial charge in [-0.25, -0.2) is 0 Å². The molecule has 2 aromatic heterocycles. The SMILES string of the molecule is Cc1cc(C(Br)C(C)c2ccccn2)co1. The van der Waals surface area contributed by atoms with Crippen LogP contribution < -0.4 is 0 Å². The maximum absolute atomic E-state index is 5.32. The number of alkyl halides is 1. The lowest BCUT2D eigenvalue weighted by atomic mass is 9.99. The number of aromatic nitrogens is 1. The van der Waals surface area contributed by atoms with E-state index in [0.717, 1.165) is 17.0 Å². The van der Waals surface area contributed by atoms with E-state index >= 15 is 0 Å². The van der Waals surface area contributed by atoms with E-state index in [0.29, 0.717) is 5.92 Å². The Bertz CT molecular complexity index is 452. The summed E-state index contributed by atoms with van der Waals surface area (Å²) in [7, 11) is 0. The predicted molar refractivity (Wildman–Crippen MR) is 67.8 cm³/mol. The van der Waals surface area contributed by atoms with Gasteiger partial charge in [-0.05, 0) is 25.1 Å². The molecule has 2 nitrogen and oxygen atoms in total. The summed E-state index contributed by atoms with van der Waals surface area (Å²) in [6, 6.07) is 8.05. The Morgan fingerprint density at radius 1 is 1.38 bits per heavy atom. The minimum absolute atomic E-state index is 0.236. The van der Waals surface area contributed by atoms with Gasteiger partial charge in [-0.1, -0.05) is 28.9 Å². The maximum atomic E-state index is 5.32. The molecule has 2 heterocycles. The second-order valence-electron chi connectivity index (χ2n) is 3.94. The third kappa shape index (κ3) is 2.35. The molecule has 0 spiro atoms.